The molecule has 9 heteroatoms. The fourth-order valence-electron chi connectivity index (χ4n) is 2.01. The first-order valence-corrected chi connectivity index (χ1v) is 7.83. The minimum absolute atomic E-state index is 0.0714. The monoisotopic (exact) mass is 370 g/mol. The van der Waals surface area contributed by atoms with E-state index in [2.05, 4.69) is 20.8 Å². The van der Waals surface area contributed by atoms with Crippen LogP contribution in [0.25, 0.3) is 0 Å². The van der Waals surface area contributed by atoms with Crippen LogP contribution in [0.5, 0.6) is 0 Å². The fourth-order valence-corrected chi connectivity index (χ4v) is 2.01. The number of aryl methyl sites for hydroxylation is 1. The van der Waals surface area contributed by atoms with Crippen LogP contribution >= 0.6 is 0 Å². The second-order valence-electron chi connectivity index (χ2n) is 5.39. The number of hydrogen-bond acceptors (Lipinski definition) is 5. The zero-order chi connectivity index (χ0) is 19.8. The maximum Gasteiger partial charge on any atom is 0.411 e. The van der Waals surface area contributed by atoms with Gasteiger partial charge in [0.25, 0.3) is 5.91 Å². The van der Waals surface area contributed by atoms with Crippen molar-refractivity contribution in [2.45, 2.75) is 6.92 Å². The highest BCUT2D eigenvalue weighted by Gasteiger charge is 2.17. The van der Waals surface area contributed by atoms with Crippen molar-refractivity contribution < 1.29 is 23.9 Å². The molecule has 0 aliphatic rings. The van der Waals surface area contributed by atoms with Crippen molar-refractivity contribution in [1.29, 1.82) is 0 Å². The molecule has 0 fully saturated rings. The van der Waals surface area contributed by atoms with Crippen LogP contribution in [0.3, 0.4) is 0 Å². The smallest absolute Gasteiger partial charge is 0.411 e. The molecule has 0 bridgehead atoms. The molecular weight excluding hydrogens is 352 g/mol. The molecule has 0 aromatic heterocycles. The molecule has 0 unspecified atom stereocenters. The van der Waals surface area contributed by atoms with E-state index in [0.29, 0.717) is 5.69 Å². The van der Waals surface area contributed by atoms with Crippen LogP contribution < -0.4 is 21.5 Å². The van der Waals surface area contributed by atoms with Gasteiger partial charge in [-0.05, 0) is 31.2 Å². The SMILES string of the molecule is COC(=O)Nc1ccccc1C(=O)NNC(=O)C(=O)Nc1ccc(C)cc1. The lowest BCUT2D eigenvalue weighted by Crippen LogP contribution is -2.46. The number of hydrogen-bond donors (Lipinski definition) is 4. The van der Waals surface area contributed by atoms with Crippen molar-refractivity contribution in [3.8, 4) is 0 Å². The fraction of sp³-hybridized carbons (Fsp3) is 0.111. The Balaban J connectivity index is 1.94. The first kappa shape index (κ1) is 19.4. The number of methoxy groups -OCH3 is 1. The lowest BCUT2D eigenvalue weighted by Gasteiger charge is -2.11. The summed E-state index contributed by atoms with van der Waals surface area (Å²) in [5.41, 5.74) is 5.83. The standard InChI is InChI=1S/C18H18N4O5/c1-11-7-9-12(10-8-11)19-16(24)17(25)22-21-15(23)13-5-3-4-6-14(13)20-18(26)27-2/h3-10H,1-2H3,(H,19,24)(H,20,26)(H,21,23)(H,22,25). The Labute approximate surface area is 155 Å². The largest absolute Gasteiger partial charge is 0.453 e. The number of nitrogens with one attached hydrogen (secondary N) is 4. The number of amides is 4. The van der Waals surface area contributed by atoms with Gasteiger partial charge in [-0.25, -0.2) is 4.79 Å². The zero-order valence-electron chi connectivity index (χ0n) is 14.7. The van der Waals surface area contributed by atoms with Crippen LogP contribution in [0, 0.1) is 6.92 Å². The quantitative estimate of drug-likeness (QED) is 0.482. The number of para-hydroxylation sites is 1. The molecule has 0 aliphatic heterocycles. The minimum Gasteiger partial charge on any atom is -0.453 e. The predicted octanol–water partition coefficient (Wildman–Crippen LogP) is 1.57. The van der Waals surface area contributed by atoms with Gasteiger partial charge in [0.1, 0.15) is 0 Å². The first-order valence-electron chi connectivity index (χ1n) is 7.83. The van der Waals surface area contributed by atoms with E-state index in [-0.39, 0.29) is 11.3 Å². The Kier molecular flexibility index (Phi) is 6.48. The summed E-state index contributed by atoms with van der Waals surface area (Å²) < 4.78 is 4.48. The van der Waals surface area contributed by atoms with E-state index in [4.69, 9.17) is 0 Å². The van der Waals surface area contributed by atoms with Gasteiger partial charge in [0, 0.05) is 5.69 Å². The van der Waals surface area contributed by atoms with Gasteiger partial charge in [0.05, 0.1) is 18.4 Å². The van der Waals surface area contributed by atoms with E-state index in [0.717, 1.165) is 5.56 Å². The normalized spacial score (nSPS) is 9.70. The molecule has 0 spiro atoms. The average Bonchev–Trinajstić information content (AvgIpc) is 2.67. The molecule has 0 radical (unpaired) electrons. The van der Waals surface area contributed by atoms with Crippen LogP contribution in [0.4, 0.5) is 16.2 Å². The Morgan fingerprint density at radius 1 is 0.815 bits per heavy atom. The molecule has 140 valence electrons. The predicted molar refractivity (Wildman–Crippen MR) is 97.9 cm³/mol. The molecule has 0 saturated carbocycles. The van der Waals surface area contributed by atoms with Crippen molar-refractivity contribution in [2.75, 3.05) is 17.7 Å². The molecule has 0 atom stereocenters. The molecule has 4 amide bonds. The Hall–Kier alpha value is -3.88. The molecule has 2 rings (SSSR count). The summed E-state index contributed by atoms with van der Waals surface area (Å²) in [6, 6.07) is 12.9. The number of anilines is 2. The molecule has 0 saturated heterocycles. The van der Waals surface area contributed by atoms with E-state index in [1.807, 2.05) is 12.3 Å². The minimum atomic E-state index is -1.05. The number of carbonyl (C=O) groups is 4. The highest BCUT2D eigenvalue weighted by Crippen LogP contribution is 2.15. The molecule has 2 aromatic rings. The first-order chi connectivity index (χ1) is 12.9. The third-order valence-corrected chi connectivity index (χ3v) is 3.40. The molecule has 2 aromatic carbocycles. The maximum atomic E-state index is 12.2. The second-order valence-corrected chi connectivity index (χ2v) is 5.39. The van der Waals surface area contributed by atoms with E-state index < -0.39 is 23.8 Å². The topological polar surface area (TPSA) is 126 Å². The number of carbonyl (C=O) groups excluding carboxylic acids is 4. The van der Waals surface area contributed by atoms with Crippen LogP contribution in [0.2, 0.25) is 0 Å². The van der Waals surface area contributed by atoms with E-state index in [1.165, 1.54) is 19.2 Å². The summed E-state index contributed by atoms with van der Waals surface area (Å²) in [6.07, 6.45) is -0.753. The van der Waals surface area contributed by atoms with Gasteiger partial charge in [-0.15, -0.1) is 0 Å². The highest BCUT2D eigenvalue weighted by molar-refractivity contribution is 6.39. The molecule has 0 aliphatic carbocycles. The lowest BCUT2D eigenvalue weighted by molar-refractivity contribution is -0.136. The summed E-state index contributed by atoms with van der Waals surface area (Å²) in [4.78, 5) is 47.2. The zero-order valence-corrected chi connectivity index (χ0v) is 14.7. The summed E-state index contributed by atoms with van der Waals surface area (Å²) >= 11 is 0. The van der Waals surface area contributed by atoms with Gasteiger partial charge in [-0.2, -0.15) is 0 Å². The van der Waals surface area contributed by atoms with Gasteiger partial charge in [-0.3, -0.25) is 30.6 Å². The van der Waals surface area contributed by atoms with Crippen LogP contribution in [0.15, 0.2) is 48.5 Å². The van der Waals surface area contributed by atoms with Crippen molar-refractivity contribution in [1.82, 2.24) is 10.9 Å². The van der Waals surface area contributed by atoms with Gasteiger partial charge in [0.15, 0.2) is 0 Å². The van der Waals surface area contributed by atoms with Crippen LogP contribution in [0.1, 0.15) is 15.9 Å². The van der Waals surface area contributed by atoms with Crippen molar-refractivity contribution >= 4 is 35.2 Å². The Morgan fingerprint density at radius 2 is 1.48 bits per heavy atom. The van der Waals surface area contributed by atoms with Gasteiger partial charge >= 0.3 is 17.9 Å². The summed E-state index contributed by atoms with van der Waals surface area (Å²) in [5.74, 6) is -2.72. The van der Waals surface area contributed by atoms with Crippen molar-refractivity contribution in [3.05, 3.63) is 59.7 Å². The Morgan fingerprint density at radius 3 is 2.15 bits per heavy atom. The molecule has 0 heterocycles. The summed E-state index contributed by atoms with van der Waals surface area (Å²) in [6.45, 7) is 1.89. The highest BCUT2D eigenvalue weighted by atomic mass is 16.5. The van der Waals surface area contributed by atoms with E-state index in [9.17, 15) is 19.2 Å². The molecular formula is C18H18N4O5. The third-order valence-electron chi connectivity index (χ3n) is 3.40. The van der Waals surface area contributed by atoms with Gasteiger partial charge < -0.3 is 10.1 Å². The number of hydrazine groups is 1. The Bertz CT molecular complexity index is 864. The molecule has 27 heavy (non-hydrogen) atoms. The average molecular weight is 370 g/mol. The lowest BCUT2D eigenvalue weighted by atomic mass is 10.1. The number of ether oxygens (including phenoxy) is 1. The summed E-state index contributed by atoms with van der Waals surface area (Å²) in [5, 5.41) is 4.78. The van der Waals surface area contributed by atoms with Gasteiger partial charge in [0.2, 0.25) is 0 Å². The van der Waals surface area contributed by atoms with Gasteiger partial charge in [-0.1, -0.05) is 29.8 Å². The summed E-state index contributed by atoms with van der Waals surface area (Å²) in [7, 11) is 1.19. The van der Waals surface area contributed by atoms with Crippen molar-refractivity contribution in [2.24, 2.45) is 0 Å². The number of rotatable bonds is 3. The molecule has 9 nitrogen and oxygen atoms in total. The van der Waals surface area contributed by atoms with E-state index >= 15 is 0 Å². The van der Waals surface area contributed by atoms with Crippen LogP contribution in [-0.2, 0) is 14.3 Å². The van der Waals surface area contributed by atoms with Crippen LogP contribution in [-0.4, -0.2) is 30.9 Å². The molecule has 4 N–H and O–H groups in total. The third kappa shape index (κ3) is 5.56. The second kappa shape index (κ2) is 8.99. The van der Waals surface area contributed by atoms with E-state index in [1.54, 1.807) is 36.4 Å². The number of benzene rings is 2. The maximum absolute atomic E-state index is 12.2. The van der Waals surface area contributed by atoms with Crippen molar-refractivity contribution in [3.63, 3.8) is 0 Å².